The molecular weight excluding hydrogens is 345 g/mol. The fourth-order valence-corrected chi connectivity index (χ4v) is 2.33. The minimum Gasteiger partial charge on any atom is -0.360 e. The minimum atomic E-state index is -0.570. The zero-order chi connectivity index (χ0) is 17.7. The molecule has 0 spiro atoms. The third-order valence-electron chi connectivity index (χ3n) is 3.33. The molecule has 2 N–H and O–H groups in total. The summed E-state index contributed by atoms with van der Waals surface area (Å²) in [6.45, 7) is 3.90. The minimum absolute atomic E-state index is 0.0769. The summed E-state index contributed by atoms with van der Waals surface area (Å²) in [6.07, 6.45) is 1.37. The molecule has 0 fully saturated rings. The van der Waals surface area contributed by atoms with Gasteiger partial charge in [-0.2, -0.15) is 5.26 Å². The summed E-state index contributed by atoms with van der Waals surface area (Å²) in [5.74, 6) is -0.570. The highest BCUT2D eigenvalue weighted by Crippen LogP contribution is 2.29. The summed E-state index contributed by atoms with van der Waals surface area (Å²) in [4.78, 5) is 12.2. The lowest BCUT2D eigenvalue weighted by Crippen LogP contribution is -2.15. The van der Waals surface area contributed by atoms with Gasteiger partial charge in [0.25, 0.3) is 5.91 Å². The molecule has 0 unspecified atom stereocenters. The van der Waals surface area contributed by atoms with Crippen LogP contribution in [-0.2, 0) is 4.79 Å². The Bertz CT molecular complexity index is 854. The zero-order valence-corrected chi connectivity index (χ0v) is 14.7. The molecule has 0 saturated heterocycles. The maximum absolute atomic E-state index is 12.2. The predicted molar refractivity (Wildman–Crippen MR) is 98.3 cm³/mol. The van der Waals surface area contributed by atoms with E-state index >= 15 is 0 Å². The van der Waals surface area contributed by atoms with Gasteiger partial charge < -0.3 is 10.6 Å². The Morgan fingerprint density at radius 2 is 1.92 bits per heavy atom. The molecule has 24 heavy (non-hydrogen) atoms. The van der Waals surface area contributed by atoms with Crippen molar-refractivity contribution in [3.8, 4) is 6.07 Å². The van der Waals surface area contributed by atoms with E-state index in [1.165, 1.54) is 6.20 Å². The first-order valence-electron chi connectivity index (χ1n) is 7.12. The molecule has 0 atom stereocenters. The standard InChI is InChI=1S/C18H15Cl2N3O/c1-11-6-7-12(2)16(8-11)22-10-13(9-21)18(24)23-15-5-3-4-14(19)17(15)20/h3-8,10,22H,1-2H3,(H,23,24)/b13-10-. The number of hydrogen-bond acceptors (Lipinski definition) is 3. The molecule has 2 aromatic rings. The van der Waals surface area contributed by atoms with Crippen LogP contribution in [0, 0.1) is 25.2 Å². The third kappa shape index (κ3) is 4.29. The molecule has 0 aliphatic heterocycles. The van der Waals surface area contributed by atoms with Crippen LogP contribution < -0.4 is 10.6 Å². The zero-order valence-electron chi connectivity index (χ0n) is 13.2. The Labute approximate surface area is 150 Å². The van der Waals surface area contributed by atoms with Gasteiger partial charge in [-0.25, -0.2) is 0 Å². The third-order valence-corrected chi connectivity index (χ3v) is 4.15. The molecular formula is C18H15Cl2N3O. The Morgan fingerprint density at radius 3 is 2.62 bits per heavy atom. The van der Waals surface area contributed by atoms with Crippen molar-refractivity contribution in [2.45, 2.75) is 13.8 Å². The van der Waals surface area contributed by atoms with Crippen LogP contribution in [-0.4, -0.2) is 5.91 Å². The molecule has 0 radical (unpaired) electrons. The second kappa shape index (κ2) is 7.87. The van der Waals surface area contributed by atoms with Gasteiger partial charge in [-0.3, -0.25) is 4.79 Å². The van der Waals surface area contributed by atoms with Gasteiger partial charge in [-0.05, 0) is 43.2 Å². The summed E-state index contributed by atoms with van der Waals surface area (Å²) in [6, 6.07) is 12.6. The number of anilines is 2. The lowest BCUT2D eigenvalue weighted by atomic mass is 10.1. The second-order valence-corrected chi connectivity index (χ2v) is 5.97. The van der Waals surface area contributed by atoms with Crippen LogP contribution >= 0.6 is 23.2 Å². The number of aryl methyl sites for hydroxylation is 2. The van der Waals surface area contributed by atoms with Gasteiger partial charge in [0, 0.05) is 11.9 Å². The summed E-state index contributed by atoms with van der Waals surface area (Å²) in [5, 5.41) is 15.3. The highest BCUT2D eigenvalue weighted by atomic mass is 35.5. The number of nitriles is 1. The smallest absolute Gasteiger partial charge is 0.267 e. The van der Waals surface area contributed by atoms with Crippen molar-refractivity contribution in [2.75, 3.05) is 10.6 Å². The first-order chi connectivity index (χ1) is 11.4. The fraction of sp³-hybridized carbons (Fsp3) is 0.111. The molecule has 0 aromatic heterocycles. The highest BCUT2D eigenvalue weighted by Gasteiger charge is 2.12. The Hall–Kier alpha value is -2.48. The van der Waals surface area contributed by atoms with Gasteiger partial charge in [0.05, 0.1) is 15.7 Å². The van der Waals surface area contributed by atoms with Crippen molar-refractivity contribution in [1.29, 1.82) is 5.26 Å². The van der Waals surface area contributed by atoms with Crippen molar-refractivity contribution in [2.24, 2.45) is 0 Å². The molecule has 0 saturated carbocycles. The van der Waals surface area contributed by atoms with Crippen LogP contribution in [0.3, 0.4) is 0 Å². The topological polar surface area (TPSA) is 64.9 Å². The van der Waals surface area contributed by atoms with E-state index in [0.717, 1.165) is 16.8 Å². The van der Waals surface area contributed by atoms with Crippen molar-refractivity contribution in [1.82, 2.24) is 0 Å². The van der Waals surface area contributed by atoms with Gasteiger partial charge >= 0.3 is 0 Å². The number of nitrogens with one attached hydrogen (secondary N) is 2. The molecule has 0 aliphatic rings. The molecule has 1 amide bonds. The van der Waals surface area contributed by atoms with E-state index in [2.05, 4.69) is 10.6 Å². The maximum atomic E-state index is 12.2. The Balaban J connectivity index is 2.18. The lowest BCUT2D eigenvalue weighted by Gasteiger charge is -2.09. The molecule has 0 heterocycles. The van der Waals surface area contributed by atoms with Crippen LogP contribution in [0.25, 0.3) is 0 Å². The van der Waals surface area contributed by atoms with Gasteiger partial charge in [-0.1, -0.05) is 41.4 Å². The normalized spacial score (nSPS) is 10.9. The number of amides is 1. The van der Waals surface area contributed by atoms with Gasteiger partial charge in [0.1, 0.15) is 11.6 Å². The summed E-state index contributed by atoms with van der Waals surface area (Å²) in [5.41, 5.74) is 3.18. The van der Waals surface area contributed by atoms with Crippen LogP contribution in [0.4, 0.5) is 11.4 Å². The van der Waals surface area contributed by atoms with Gasteiger partial charge in [0.15, 0.2) is 0 Å². The number of benzene rings is 2. The maximum Gasteiger partial charge on any atom is 0.267 e. The van der Waals surface area contributed by atoms with Crippen LogP contribution in [0.1, 0.15) is 11.1 Å². The first kappa shape index (κ1) is 17.9. The molecule has 0 aliphatic carbocycles. The molecule has 122 valence electrons. The van der Waals surface area contributed by atoms with E-state index in [9.17, 15) is 10.1 Å². The molecule has 0 bridgehead atoms. The van der Waals surface area contributed by atoms with E-state index in [-0.39, 0.29) is 10.6 Å². The monoisotopic (exact) mass is 359 g/mol. The number of rotatable bonds is 4. The van der Waals surface area contributed by atoms with Crippen molar-refractivity contribution < 1.29 is 4.79 Å². The van der Waals surface area contributed by atoms with Crippen molar-refractivity contribution in [3.05, 3.63) is 69.3 Å². The number of nitrogens with zero attached hydrogens (tertiary/aromatic N) is 1. The van der Waals surface area contributed by atoms with E-state index in [1.54, 1.807) is 18.2 Å². The predicted octanol–water partition coefficient (Wildman–Crippen LogP) is 5.07. The quantitative estimate of drug-likeness (QED) is 0.591. The summed E-state index contributed by atoms with van der Waals surface area (Å²) >= 11 is 11.9. The van der Waals surface area contributed by atoms with Crippen LogP contribution in [0.2, 0.25) is 10.0 Å². The Morgan fingerprint density at radius 1 is 1.17 bits per heavy atom. The average molecular weight is 360 g/mol. The summed E-state index contributed by atoms with van der Waals surface area (Å²) in [7, 11) is 0. The highest BCUT2D eigenvalue weighted by molar-refractivity contribution is 6.44. The van der Waals surface area contributed by atoms with E-state index < -0.39 is 5.91 Å². The van der Waals surface area contributed by atoms with E-state index in [0.29, 0.717) is 10.7 Å². The van der Waals surface area contributed by atoms with Crippen LogP contribution in [0.5, 0.6) is 0 Å². The van der Waals surface area contributed by atoms with Crippen molar-refractivity contribution >= 4 is 40.5 Å². The molecule has 2 rings (SSSR count). The number of halogens is 2. The SMILES string of the molecule is Cc1ccc(C)c(N/C=C(/C#N)C(=O)Nc2cccc(Cl)c2Cl)c1. The largest absolute Gasteiger partial charge is 0.360 e. The lowest BCUT2D eigenvalue weighted by molar-refractivity contribution is -0.112. The molecule has 4 nitrogen and oxygen atoms in total. The number of carbonyl (C=O) groups is 1. The van der Waals surface area contributed by atoms with Gasteiger partial charge in [-0.15, -0.1) is 0 Å². The number of carbonyl (C=O) groups excluding carboxylic acids is 1. The Kier molecular flexibility index (Phi) is 5.86. The second-order valence-electron chi connectivity index (χ2n) is 5.19. The molecule has 6 heteroatoms. The first-order valence-corrected chi connectivity index (χ1v) is 7.87. The average Bonchev–Trinajstić information content (AvgIpc) is 2.55. The van der Waals surface area contributed by atoms with E-state index in [1.807, 2.05) is 38.1 Å². The fourth-order valence-electron chi connectivity index (χ4n) is 1.98. The summed E-state index contributed by atoms with van der Waals surface area (Å²) < 4.78 is 0. The van der Waals surface area contributed by atoms with E-state index in [4.69, 9.17) is 23.2 Å². The molecule has 2 aromatic carbocycles. The van der Waals surface area contributed by atoms with Gasteiger partial charge in [0.2, 0.25) is 0 Å². The number of hydrogen-bond donors (Lipinski definition) is 2. The van der Waals surface area contributed by atoms with Crippen molar-refractivity contribution in [3.63, 3.8) is 0 Å². The van der Waals surface area contributed by atoms with Crippen LogP contribution in [0.15, 0.2) is 48.2 Å².